The summed E-state index contributed by atoms with van der Waals surface area (Å²) in [6.07, 6.45) is 1.57. The van der Waals surface area contributed by atoms with Crippen molar-refractivity contribution in [2.45, 2.75) is 0 Å². The molecule has 0 aliphatic rings. The third-order valence-corrected chi connectivity index (χ3v) is 3.01. The van der Waals surface area contributed by atoms with Crippen molar-refractivity contribution < 1.29 is 9.90 Å². The standard InChI is InChI=1S/C10H7NO3S/c12-9-4-1-6(5-11-9)7-2-3-8(15-7)10(13)14/h1-5H,(H,11,12)(H,13,14). The molecule has 0 atom stereocenters. The lowest BCUT2D eigenvalue weighted by atomic mass is 10.2. The summed E-state index contributed by atoms with van der Waals surface area (Å²) in [6, 6.07) is 6.35. The topological polar surface area (TPSA) is 70.2 Å². The first-order valence-electron chi connectivity index (χ1n) is 4.19. The van der Waals surface area contributed by atoms with Gasteiger partial charge in [0.25, 0.3) is 0 Å². The first-order valence-corrected chi connectivity index (χ1v) is 5.01. The van der Waals surface area contributed by atoms with Gasteiger partial charge in [-0.2, -0.15) is 0 Å². The van der Waals surface area contributed by atoms with Gasteiger partial charge in [-0.1, -0.05) is 0 Å². The zero-order valence-electron chi connectivity index (χ0n) is 7.56. The molecule has 2 heterocycles. The summed E-state index contributed by atoms with van der Waals surface area (Å²) in [5.41, 5.74) is 0.640. The molecule has 0 bridgehead atoms. The van der Waals surface area contributed by atoms with Gasteiger partial charge in [0, 0.05) is 22.7 Å². The molecule has 15 heavy (non-hydrogen) atoms. The average Bonchev–Trinajstić information content (AvgIpc) is 2.68. The predicted molar refractivity (Wildman–Crippen MR) is 57.3 cm³/mol. The van der Waals surface area contributed by atoms with Gasteiger partial charge in [0.05, 0.1) is 0 Å². The number of hydrogen-bond acceptors (Lipinski definition) is 3. The lowest BCUT2D eigenvalue weighted by Gasteiger charge is -1.94. The van der Waals surface area contributed by atoms with Crippen molar-refractivity contribution in [1.82, 2.24) is 4.98 Å². The second kappa shape index (κ2) is 3.70. The monoisotopic (exact) mass is 221 g/mol. The summed E-state index contributed by atoms with van der Waals surface area (Å²) in [5, 5.41) is 8.74. The van der Waals surface area contributed by atoms with Crippen molar-refractivity contribution in [2.75, 3.05) is 0 Å². The summed E-state index contributed by atoms with van der Waals surface area (Å²) in [6.45, 7) is 0. The Labute approximate surface area is 88.8 Å². The summed E-state index contributed by atoms with van der Waals surface area (Å²) >= 11 is 1.18. The van der Waals surface area contributed by atoms with Crippen molar-refractivity contribution >= 4 is 17.3 Å². The Bertz CT molecular complexity index is 535. The number of H-pyrrole nitrogens is 1. The van der Waals surface area contributed by atoms with Crippen molar-refractivity contribution in [3.63, 3.8) is 0 Å². The van der Waals surface area contributed by atoms with Crippen molar-refractivity contribution in [3.05, 3.63) is 45.7 Å². The largest absolute Gasteiger partial charge is 0.477 e. The highest BCUT2D eigenvalue weighted by Gasteiger charge is 2.07. The van der Waals surface area contributed by atoms with Crippen LogP contribution in [0.25, 0.3) is 10.4 Å². The van der Waals surface area contributed by atoms with E-state index in [0.29, 0.717) is 0 Å². The van der Waals surface area contributed by atoms with E-state index in [4.69, 9.17) is 5.11 Å². The van der Waals surface area contributed by atoms with E-state index in [-0.39, 0.29) is 10.4 Å². The number of carboxylic acids is 1. The van der Waals surface area contributed by atoms with Crippen molar-refractivity contribution in [2.24, 2.45) is 0 Å². The molecule has 2 rings (SSSR count). The summed E-state index contributed by atoms with van der Waals surface area (Å²) in [5.74, 6) is -0.935. The first kappa shape index (κ1) is 9.67. The Morgan fingerprint density at radius 2 is 2.07 bits per heavy atom. The molecule has 0 unspecified atom stereocenters. The number of hydrogen-bond donors (Lipinski definition) is 2. The number of thiophene rings is 1. The zero-order chi connectivity index (χ0) is 10.8. The van der Waals surface area contributed by atoms with E-state index in [1.807, 2.05) is 0 Å². The Kier molecular flexibility index (Phi) is 2.39. The minimum atomic E-state index is -0.935. The second-order valence-electron chi connectivity index (χ2n) is 2.91. The maximum Gasteiger partial charge on any atom is 0.345 e. The molecule has 2 aromatic rings. The molecule has 0 saturated carbocycles. The van der Waals surface area contributed by atoms with E-state index >= 15 is 0 Å². The van der Waals surface area contributed by atoms with Crippen LogP contribution in [-0.2, 0) is 0 Å². The van der Waals surface area contributed by atoms with Gasteiger partial charge in [0.15, 0.2) is 0 Å². The van der Waals surface area contributed by atoms with Crippen molar-refractivity contribution in [3.8, 4) is 10.4 Å². The maximum atomic E-state index is 10.8. The fourth-order valence-corrected chi connectivity index (χ4v) is 2.01. The predicted octanol–water partition coefficient (Wildman–Crippen LogP) is 1.80. The number of pyridine rings is 1. The van der Waals surface area contributed by atoms with Gasteiger partial charge in [0.2, 0.25) is 5.56 Å². The Hall–Kier alpha value is -1.88. The molecule has 4 nitrogen and oxygen atoms in total. The van der Waals surface area contributed by atoms with Crippen molar-refractivity contribution in [1.29, 1.82) is 0 Å². The third kappa shape index (κ3) is 1.97. The van der Waals surface area contributed by atoms with E-state index in [2.05, 4.69) is 4.98 Å². The van der Waals surface area contributed by atoms with Crippen LogP contribution < -0.4 is 5.56 Å². The van der Waals surface area contributed by atoms with Gasteiger partial charge in [-0.25, -0.2) is 4.79 Å². The summed E-state index contributed by atoms with van der Waals surface area (Å²) in [4.78, 5) is 25.1. The molecule has 0 amide bonds. The third-order valence-electron chi connectivity index (χ3n) is 1.89. The number of aromatic carboxylic acids is 1. The van der Waals surface area contributed by atoms with E-state index in [0.717, 1.165) is 10.4 Å². The molecule has 5 heteroatoms. The average molecular weight is 221 g/mol. The molecule has 2 aromatic heterocycles. The van der Waals surface area contributed by atoms with Gasteiger partial charge in [-0.05, 0) is 18.2 Å². The van der Waals surface area contributed by atoms with Crippen LogP contribution in [0.5, 0.6) is 0 Å². The van der Waals surface area contributed by atoms with E-state index in [9.17, 15) is 9.59 Å². The normalized spacial score (nSPS) is 10.1. The summed E-state index contributed by atoms with van der Waals surface area (Å²) < 4.78 is 0. The van der Waals surface area contributed by atoms with Crippen LogP contribution in [0.3, 0.4) is 0 Å². The lowest BCUT2D eigenvalue weighted by Crippen LogP contribution is -2.00. The van der Waals surface area contributed by atoms with Crippen LogP contribution in [0, 0.1) is 0 Å². The van der Waals surface area contributed by atoms with Crippen LogP contribution in [0.15, 0.2) is 35.3 Å². The first-order chi connectivity index (χ1) is 7.16. The molecule has 2 N–H and O–H groups in total. The van der Waals surface area contributed by atoms with Crippen LogP contribution in [-0.4, -0.2) is 16.1 Å². The lowest BCUT2D eigenvalue weighted by molar-refractivity contribution is 0.0702. The molecule has 0 spiro atoms. The minimum absolute atomic E-state index is 0.172. The number of aromatic nitrogens is 1. The molecular formula is C10H7NO3S. The van der Waals surface area contributed by atoms with Gasteiger partial charge in [-0.3, -0.25) is 4.79 Å². The minimum Gasteiger partial charge on any atom is -0.477 e. The number of rotatable bonds is 2. The highest BCUT2D eigenvalue weighted by molar-refractivity contribution is 7.17. The van der Waals surface area contributed by atoms with Gasteiger partial charge >= 0.3 is 5.97 Å². The van der Waals surface area contributed by atoms with Crippen LogP contribution in [0.2, 0.25) is 0 Å². The van der Waals surface area contributed by atoms with Crippen LogP contribution in [0.1, 0.15) is 9.67 Å². The van der Waals surface area contributed by atoms with Crippen LogP contribution in [0.4, 0.5) is 0 Å². The highest BCUT2D eigenvalue weighted by atomic mass is 32.1. The number of aromatic amines is 1. The number of carboxylic acid groups (broad SMARTS) is 1. The van der Waals surface area contributed by atoms with Crippen LogP contribution >= 0.6 is 11.3 Å². The molecular weight excluding hydrogens is 214 g/mol. The molecule has 76 valence electrons. The van der Waals surface area contributed by atoms with E-state index in [1.54, 1.807) is 24.4 Å². The fraction of sp³-hybridized carbons (Fsp3) is 0. The van der Waals surface area contributed by atoms with Gasteiger partial charge in [-0.15, -0.1) is 11.3 Å². The Balaban J connectivity index is 2.41. The number of carbonyl (C=O) groups is 1. The highest BCUT2D eigenvalue weighted by Crippen LogP contribution is 2.26. The molecule has 0 aromatic carbocycles. The quantitative estimate of drug-likeness (QED) is 0.812. The molecule has 0 fully saturated rings. The Morgan fingerprint density at radius 3 is 2.60 bits per heavy atom. The molecule has 0 radical (unpaired) electrons. The van der Waals surface area contributed by atoms with E-state index < -0.39 is 5.97 Å². The Morgan fingerprint density at radius 1 is 1.27 bits per heavy atom. The SMILES string of the molecule is O=C(O)c1ccc(-c2ccc(=O)[nH]c2)s1. The second-order valence-corrected chi connectivity index (χ2v) is 3.99. The fourth-order valence-electron chi connectivity index (χ4n) is 1.17. The maximum absolute atomic E-state index is 10.8. The zero-order valence-corrected chi connectivity index (χ0v) is 8.38. The summed E-state index contributed by atoms with van der Waals surface area (Å²) in [7, 11) is 0. The molecule has 0 saturated heterocycles. The number of nitrogens with one attached hydrogen (secondary N) is 1. The van der Waals surface area contributed by atoms with E-state index in [1.165, 1.54) is 17.4 Å². The van der Waals surface area contributed by atoms with Gasteiger partial charge in [0.1, 0.15) is 4.88 Å². The molecule has 0 aliphatic heterocycles. The smallest absolute Gasteiger partial charge is 0.345 e. The molecule has 0 aliphatic carbocycles. The van der Waals surface area contributed by atoms with Gasteiger partial charge < -0.3 is 10.1 Å².